The van der Waals surface area contributed by atoms with Crippen molar-refractivity contribution in [3.63, 3.8) is 0 Å². The number of aromatic nitrogens is 2. The first-order valence-electron chi connectivity index (χ1n) is 6.45. The van der Waals surface area contributed by atoms with Gasteiger partial charge in [-0.15, -0.1) is 0 Å². The van der Waals surface area contributed by atoms with Crippen LogP contribution in [0.3, 0.4) is 0 Å². The molecule has 0 fully saturated rings. The van der Waals surface area contributed by atoms with Crippen LogP contribution in [0.2, 0.25) is 0 Å². The molecule has 0 saturated carbocycles. The fraction of sp³-hybridized carbons (Fsp3) is 0.0769. The highest BCUT2D eigenvalue weighted by molar-refractivity contribution is 5.94. The second-order valence-corrected chi connectivity index (χ2v) is 4.74. The minimum atomic E-state index is -0.641. The highest BCUT2D eigenvalue weighted by Gasteiger charge is 2.28. The topological polar surface area (TPSA) is 125 Å². The number of fused-ring (bicyclic) bond motifs is 3. The van der Waals surface area contributed by atoms with Crippen LogP contribution < -0.4 is 11.1 Å². The highest BCUT2D eigenvalue weighted by Crippen LogP contribution is 2.34. The quantitative estimate of drug-likeness (QED) is 0.549. The number of hydrogen-bond acceptors (Lipinski definition) is 7. The Morgan fingerprint density at radius 2 is 2.14 bits per heavy atom. The van der Waals surface area contributed by atoms with Crippen LogP contribution in [0.5, 0.6) is 0 Å². The number of hydrogen-bond donors (Lipinski definition) is 2. The van der Waals surface area contributed by atoms with Crippen LogP contribution in [0.25, 0.3) is 11.0 Å². The smallest absolute Gasteiger partial charge is 0.401 e. The predicted molar refractivity (Wildman–Crippen MR) is 78.5 cm³/mol. The molecule has 22 heavy (non-hydrogen) atoms. The zero-order valence-corrected chi connectivity index (χ0v) is 11.1. The number of aliphatic imine (C=N–C) groups is 1. The Balaban J connectivity index is 1.91. The van der Waals surface area contributed by atoms with Crippen LogP contribution in [0.4, 0.5) is 11.8 Å². The number of nitro groups is 1. The number of imidazole rings is 1. The normalized spacial score (nSPS) is 16.9. The first-order valence-corrected chi connectivity index (χ1v) is 6.45. The SMILES string of the molecule is NC1=NC(c2ccc([N+](=O)[O-])o2)n2c(nc3ccccc32)N1. The fourth-order valence-corrected chi connectivity index (χ4v) is 2.49. The molecule has 0 saturated heterocycles. The van der Waals surface area contributed by atoms with Gasteiger partial charge in [0.2, 0.25) is 5.95 Å². The summed E-state index contributed by atoms with van der Waals surface area (Å²) >= 11 is 0. The van der Waals surface area contributed by atoms with E-state index in [0.717, 1.165) is 11.0 Å². The van der Waals surface area contributed by atoms with E-state index in [0.29, 0.717) is 11.7 Å². The fourth-order valence-electron chi connectivity index (χ4n) is 2.49. The summed E-state index contributed by atoms with van der Waals surface area (Å²) in [6.07, 6.45) is -0.641. The van der Waals surface area contributed by atoms with Gasteiger partial charge in [0.25, 0.3) is 0 Å². The maximum atomic E-state index is 10.8. The summed E-state index contributed by atoms with van der Waals surface area (Å²) in [7, 11) is 0. The van der Waals surface area contributed by atoms with Gasteiger partial charge < -0.3 is 10.2 Å². The maximum absolute atomic E-state index is 10.8. The summed E-state index contributed by atoms with van der Waals surface area (Å²) in [5.74, 6) is 0.665. The zero-order valence-electron chi connectivity index (χ0n) is 11.1. The Bertz CT molecular complexity index is 925. The molecule has 1 aliphatic rings. The van der Waals surface area contributed by atoms with Crippen molar-refractivity contribution in [1.29, 1.82) is 0 Å². The Morgan fingerprint density at radius 1 is 1.32 bits per heavy atom. The number of rotatable bonds is 2. The number of nitrogens with two attached hydrogens (primary N) is 1. The number of guanidine groups is 1. The minimum Gasteiger partial charge on any atom is -0.401 e. The van der Waals surface area contributed by atoms with E-state index in [-0.39, 0.29) is 11.8 Å². The number of benzene rings is 1. The summed E-state index contributed by atoms with van der Waals surface area (Å²) in [6.45, 7) is 0. The molecule has 3 heterocycles. The Kier molecular flexibility index (Phi) is 2.43. The third-order valence-corrected chi connectivity index (χ3v) is 3.39. The second-order valence-electron chi connectivity index (χ2n) is 4.74. The lowest BCUT2D eigenvalue weighted by molar-refractivity contribution is -0.402. The first kappa shape index (κ1) is 12.4. The van der Waals surface area contributed by atoms with Crippen molar-refractivity contribution in [1.82, 2.24) is 9.55 Å². The second kappa shape index (κ2) is 4.32. The summed E-state index contributed by atoms with van der Waals surface area (Å²) in [4.78, 5) is 18.9. The lowest BCUT2D eigenvalue weighted by atomic mass is 10.3. The van der Waals surface area contributed by atoms with Gasteiger partial charge in [-0.2, -0.15) is 0 Å². The Labute approximate surface area is 123 Å². The van der Waals surface area contributed by atoms with Crippen molar-refractivity contribution < 1.29 is 9.34 Å². The van der Waals surface area contributed by atoms with Crippen LogP contribution >= 0.6 is 0 Å². The molecular formula is C13H10N6O3. The van der Waals surface area contributed by atoms with Gasteiger partial charge in [0, 0.05) is 0 Å². The number of nitrogens with one attached hydrogen (secondary N) is 1. The molecule has 4 rings (SSSR count). The molecule has 0 spiro atoms. The third-order valence-electron chi connectivity index (χ3n) is 3.39. The van der Waals surface area contributed by atoms with Crippen LogP contribution in [0.15, 0.2) is 45.8 Å². The van der Waals surface area contributed by atoms with Crippen LogP contribution in [0.1, 0.15) is 11.9 Å². The number of furan rings is 1. The van der Waals surface area contributed by atoms with Crippen molar-refractivity contribution in [3.05, 3.63) is 52.3 Å². The Hall–Kier alpha value is -3.36. The van der Waals surface area contributed by atoms with Crippen molar-refractivity contribution >= 4 is 28.8 Å². The van der Waals surface area contributed by atoms with E-state index in [1.165, 1.54) is 12.1 Å². The lowest BCUT2D eigenvalue weighted by Gasteiger charge is -2.21. The monoisotopic (exact) mass is 298 g/mol. The minimum absolute atomic E-state index is 0.173. The van der Waals surface area contributed by atoms with Gasteiger partial charge in [0.1, 0.15) is 4.92 Å². The van der Waals surface area contributed by atoms with Gasteiger partial charge in [-0.05, 0) is 18.2 Å². The largest absolute Gasteiger partial charge is 0.433 e. The van der Waals surface area contributed by atoms with E-state index in [4.69, 9.17) is 10.2 Å². The van der Waals surface area contributed by atoms with Gasteiger partial charge in [-0.3, -0.25) is 20.0 Å². The summed E-state index contributed by atoms with van der Waals surface area (Å²) in [6, 6.07) is 10.3. The molecule has 3 aromatic rings. The molecule has 1 aromatic carbocycles. The molecular weight excluding hydrogens is 288 g/mol. The molecule has 1 unspecified atom stereocenters. The molecule has 1 aliphatic heterocycles. The van der Waals surface area contributed by atoms with Crippen LogP contribution in [-0.4, -0.2) is 20.4 Å². The van der Waals surface area contributed by atoms with Crippen LogP contribution in [0, 0.1) is 10.1 Å². The van der Waals surface area contributed by atoms with Gasteiger partial charge >= 0.3 is 5.88 Å². The average Bonchev–Trinajstić information content (AvgIpc) is 3.10. The van der Waals surface area contributed by atoms with E-state index in [9.17, 15) is 10.1 Å². The van der Waals surface area contributed by atoms with Crippen molar-refractivity contribution in [2.75, 3.05) is 5.32 Å². The van der Waals surface area contributed by atoms with E-state index in [1.807, 2.05) is 24.3 Å². The van der Waals surface area contributed by atoms with Gasteiger partial charge in [-0.1, -0.05) is 12.1 Å². The van der Waals surface area contributed by atoms with Crippen molar-refractivity contribution in [3.8, 4) is 0 Å². The maximum Gasteiger partial charge on any atom is 0.433 e. The van der Waals surface area contributed by atoms with Crippen molar-refractivity contribution in [2.45, 2.75) is 6.17 Å². The van der Waals surface area contributed by atoms with Gasteiger partial charge in [-0.25, -0.2) is 9.98 Å². The van der Waals surface area contributed by atoms with E-state index >= 15 is 0 Å². The molecule has 3 N–H and O–H groups in total. The number of nitrogens with zero attached hydrogens (tertiary/aromatic N) is 4. The molecule has 2 aromatic heterocycles. The molecule has 9 heteroatoms. The number of anilines is 1. The van der Waals surface area contributed by atoms with Crippen LogP contribution in [-0.2, 0) is 0 Å². The zero-order chi connectivity index (χ0) is 15.3. The number of para-hydroxylation sites is 2. The standard InChI is InChI=1S/C13H10N6O3/c14-12-16-11(9-5-6-10(22-9)19(20)21)18-8-4-2-1-3-7(8)15-13(18)17-12/h1-6,11H,(H3,14,15,16,17). The molecule has 0 bridgehead atoms. The molecule has 0 amide bonds. The molecule has 110 valence electrons. The van der Waals surface area contributed by atoms with E-state index < -0.39 is 11.1 Å². The molecule has 9 nitrogen and oxygen atoms in total. The predicted octanol–water partition coefficient (Wildman–Crippen LogP) is 1.82. The third kappa shape index (κ3) is 1.72. The van der Waals surface area contributed by atoms with Gasteiger partial charge in [0.15, 0.2) is 17.9 Å². The lowest BCUT2D eigenvalue weighted by Crippen LogP contribution is -2.31. The summed E-state index contributed by atoms with van der Waals surface area (Å²) < 4.78 is 7.06. The van der Waals surface area contributed by atoms with E-state index in [1.54, 1.807) is 4.57 Å². The highest BCUT2D eigenvalue weighted by atomic mass is 16.6. The summed E-state index contributed by atoms with van der Waals surface area (Å²) in [5, 5.41) is 13.7. The van der Waals surface area contributed by atoms with Gasteiger partial charge in [0.05, 0.1) is 17.1 Å². The average molecular weight is 298 g/mol. The van der Waals surface area contributed by atoms with Crippen molar-refractivity contribution in [2.24, 2.45) is 10.7 Å². The molecule has 0 aliphatic carbocycles. The molecule has 1 atom stereocenters. The van der Waals surface area contributed by atoms with E-state index in [2.05, 4.69) is 15.3 Å². The summed E-state index contributed by atoms with van der Waals surface area (Å²) in [5.41, 5.74) is 7.36. The Morgan fingerprint density at radius 3 is 2.91 bits per heavy atom. The first-order chi connectivity index (χ1) is 10.6. The molecule has 0 radical (unpaired) electrons.